The minimum Gasteiger partial charge on any atom is -0.378 e. The molecule has 0 bridgehead atoms. The standard InChI is InChI=1S/C16H18BrClN2/c1-11(12-5-4-6-13(17)9-12)19-14-7-8-16(20(2)3)15(18)10-14/h4-11,19H,1-3H3. The Morgan fingerprint density at radius 3 is 2.50 bits per heavy atom. The van der Waals surface area contributed by atoms with Crippen molar-refractivity contribution in [1.29, 1.82) is 0 Å². The lowest BCUT2D eigenvalue weighted by molar-refractivity contribution is 0.884. The lowest BCUT2D eigenvalue weighted by Crippen LogP contribution is -2.10. The molecule has 0 saturated carbocycles. The average molecular weight is 354 g/mol. The molecule has 0 spiro atoms. The molecular formula is C16H18BrClN2. The zero-order valence-electron chi connectivity index (χ0n) is 11.8. The highest BCUT2D eigenvalue weighted by molar-refractivity contribution is 9.10. The third-order valence-electron chi connectivity index (χ3n) is 3.16. The number of halogens is 2. The monoisotopic (exact) mass is 352 g/mol. The fourth-order valence-corrected chi connectivity index (χ4v) is 2.84. The van der Waals surface area contributed by atoms with Gasteiger partial charge >= 0.3 is 0 Å². The van der Waals surface area contributed by atoms with Gasteiger partial charge in [-0.25, -0.2) is 0 Å². The summed E-state index contributed by atoms with van der Waals surface area (Å²) in [5.41, 5.74) is 3.27. The fourth-order valence-electron chi connectivity index (χ4n) is 2.07. The molecule has 1 N–H and O–H groups in total. The molecule has 0 amide bonds. The first kappa shape index (κ1) is 15.2. The van der Waals surface area contributed by atoms with E-state index in [1.54, 1.807) is 0 Å². The van der Waals surface area contributed by atoms with Crippen molar-refractivity contribution < 1.29 is 0 Å². The maximum Gasteiger partial charge on any atom is 0.0659 e. The molecule has 2 nitrogen and oxygen atoms in total. The zero-order chi connectivity index (χ0) is 14.7. The quantitative estimate of drug-likeness (QED) is 0.798. The third-order valence-corrected chi connectivity index (χ3v) is 3.96. The maximum absolute atomic E-state index is 6.29. The van der Waals surface area contributed by atoms with Crippen LogP contribution in [0.4, 0.5) is 11.4 Å². The summed E-state index contributed by atoms with van der Waals surface area (Å²) in [6, 6.07) is 14.6. The van der Waals surface area contributed by atoms with E-state index in [0.29, 0.717) is 0 Å². The highest BCUT2D eigenvalue weighted by Crippen LogP contribution is 2.29. The molecule has 0 aromatic heterocycles. The molecule has 0 aliphatic rings. The molecule has 0 aliphatic carbocycles. The average Bonchev–Trinajstić information content (AvgIpc) is 2.38. The third kappa shape index (κ3) is 3.68. The van der Waals surface area contributed by atoms with Crippen LogP contribution in [0, 0.1) is 0 Å². The second kappa shape index (κ2) is 6.51. The number of nitrogens with one attached hydrogen (secondary N) is 1. The minimum atomic E-state index is 0.216. The number of hydrogen-bond donors (Lipinski definition) is 1. The van der Waals surface area contributed by atoms with Gasteiger partial charge in [0.1, 0.15) is 0 Å². The van der Waals surface area contributed by atoms with Gasteiger partial charge in [-0.2, -0.15) is 0 Å². The van der Waals surface area contributed by atoms with Crippen LogP contribution >= 0.6 is 27.5 Å². The number of rotatable bonds is 4. The molecule has 1 atom stereocenters. The van der Waals surface area contributed by atoms with Gasteiger partial charge in [-0.15, -0.1) is 0 Å². The van der Waals surface area contributed by atoms with Crippen LogP contribution in [0.3, 0.4) is 0 Å². The van der Waals surface area contributed by atoms with Crippen molar-refractivity contribution >= 4 is 38.9 Å². The summed E-state index contributed by atoms with van der Waals surface area (Å²) in [7, 11) is 3.97. The fraction of sp³-hybridized carbons (Fsp3) is 0.250. The van der Waals surface area contributed by atoms with E-state index < -0.39 is 0 Å². The van der Waals surface area contributed by atoms with Gasteiger partial charge in [0.25, 0.3) is 0 Å². The summed E-state index contributed by atoms with van der Waals surface area (Å²) in [5, 5.41) is 4.22. The zero-order valence-corrected chi connectivity index (χ0v) is 14.2. The Bertz CT molecular complexity index is 599. The van der Waals surface area contributed by atoms with E-state index in [2.05, 4.69) is 46.4 Å². The summed E-state index contributed by atoms with van der Waals surface area (Å²) in [6.07, 6.45) is 0. The second-order valence-electron chi connectivity index (χ2n) is 4.98. The van der Waals surface area contributed by atoms with Crippen LogP contribution in [0.15, 0.2) is 46.9 Å². The minimum absolute atomic E-state index is 0.216. The van der Waals surface area contributed by atoms with Crippen LogP contribution < -0.4 is 10.2 Å². The molecule has 106 valence electrons. The molecule has 0 heterocycles. The second-order valence-corrected chi connectivity index (χ2v) is 6.30. The summed E-state index contributed by atoms with van der Waals surface area (Å²) in [6.45, 7) is 2.13. The molecule has 1 unspecified atom stereocenters. The lowest BCUT2D eigenvalue weighted by atomic mass is 10.1. The molecule has 0 fully saturated rings. The Balaban J connectivity index is 2.16. The lowest BCUT2D eigenvalue weighted by Gasteiger charge is -2.19. The molecule has 4 heteroatoms. The molecule has 2 rings (SSSR count). The van der Waals surface area contributed by atoms with Gasteiger partial charge in [0, 0.05) is 30.3 Å². The van der Waals surface area contributed by atoms with Crippen molar-refractivity contribution in [3.05, 3.63) is 57.5 Å². The van der Waals surface area contributed by atoms with E-state index in [1.165, 1.54) is 5.56 Å². The largest absolute Gasteiger partial charge is 0.378 e. The topological polar surface area (TPSA) is 15.3 Å². The van der Waals surface area contributed by atoms with E-state index in [9.17, 15) is 0 Å². The molecule has 2 aromatic carbocycles. The van der Waals surface area contributed by atoms with E-state index >= 15 is 0 Å². The molecule has 0 saturated heterocycles. The molecule has 2 aromatic rings. The summed E-state index contributed by atoms with van der Waals surface area (Å²) in [5.74, 6) is 0. The first-order chi connectivity index (χ1) is 9.47. The van der Waals surface area contributed by atoms with Crippen molar-refractivity contribution in [3.8, 4) is 0 Å². The SMILES string of the molecule is CC(Nc1ccc(N(C)C)c(Cl)c1)c1cccc(Br)c1. The summed E-state index contributed by atoms with van der Waals surface area (Å²) < 4.78 is 1.09. The Morgan fingerprint density at radius 1 is 1.15 bits per heavy atom. The Kier molecular flexibility index (Phi) is 4.95. The smallest absolute Gasteiger partial charge is 0.0659 e. The predicted octanol–water partition coefficient (Wildman–Crippen LogP) is 5.34. The Hall–Kier alpha value is -1.19. The summed E-state index contributed by atoms with van der Waals surface area (Å²) >= 11 is 9.79. The number of benzene rings is 2. The Morgan fingerprint density at radius 2 is 1.90 bits per heavy atom. The van der Waals surface area contributed by atoms with E-state index in [-0.39, 0.29) is 6.04 Å². The number of anilines is 2. The highest BCUT2D eigenvalue weighted by atomic mass is 79.9. The van der Waals surface area contributed by atoms with Gasteiger partial charge in [-0.3, -0.25) is 0 Å². The number of nitrogens with zero attached hydrogens (tertiary/aromatic N) is 1. The first-order valence-electron chi connectivity index (χ1n) is 6.46. The van der Waals surface area contributed by atoms with Crippen LogP contribution in [0.25, 0.3) is 0 Å². The van der Waals surface area contributed by atoms with Gasteiger partial charge in [0.2, 0.25) is 0 Å². The van der Waals surface area contributed by atoms with Gasteiger partial charge in [-0.05, 0) is 42.8 Å². The normalized spacial score (nSPS) is 12.1. The number of hydrogen-bond acceptors (Lipinski definition) is 2. The van der Waals surface area contributed by atoms with Crippen LogP contribution in [-0.4, -0.2) is 14.1 Å². The van der Waals surface area contributed by atoms with Crippen LogP contribution in [0.5, 0.6) is 0 Å². The van der Waals surface area contributed by atoms with Gasteiger partial charge in [0.15, 0.2) is 0 Å². The van der Waals surface area contributed by atoms with Gasteiger partial charge in [0.05, 0.1) is 10.7 Å². The van der Waals surface area contributed by atoms with Gasteiger partial charge in [-0.1, -0.05) is 39.7 Å². The van der Waals surface area contributed by atoms with E-state index in [1.807, 2.05) is 43.3 Å². The van der Waals surface area contributed by atoms with Crippen molar-refractivity contribution in [2.75, 3.05) is 24.3 Å². The molecule has 20 heavy (non-hydrogen) atoms. The van der Waals surface area contributed by atoms with Crippen LogP contribution in [-0.2, 0) is 0 Å². The summed E-state index contributed by atoms with van der Waals surface area (Å²) in [4.78, 5) is 2.00. The van der Waals surface area contributed by atoms with Gasteiger partial charge < -0.3 is 10.2 Å². The van der Waals surface area contributed by atoms with Crippen molar-refractivity contribution in [1.82, 2.24) is 0 Å². The molecule has 0 aliphatic heterocycles. The van der Waals surface area contributed by atoms with Crippen LogP contribution in [0.2, 0.25) is 5.02 Å². The van der Waals surface area contributed by atoms with Crippen LogP contribution in [0.1, 0.15) is 18.5 Å². The van der Waals surface area contributed by atoms with E-state index in [0.717, 1.165) is 20.9 Å². The molecular weight excluding hydrogens is 336 g/mol. The van der Waals surface area contributed by atoms with Crippen molar-refractivity contribution in [2.24, 2.45) is 0 Å². The maximum atomic E-state index is 6.29. The molecule has 0 radical (unpaired) electrons. The van der Waals surface area contributed by atoms with Crippen molar-refractivity contribution in [3.63, 3.8) is 0 Å². The van der Waals surface area contributed by atoms with Crippen molar-refractivity contribution in [2.45, 2.75) is 13.0 Å². The predicted molar refractivity (Wildman–Crippen MR) is 92.0 cm³/mol. The Labute approximate surface area is 133 Å². The van der Waals surface area contributed by atoms with E-state index in [4.69, 9.17) is 11.6 Å². The highest BCUT2D eigenvalue weighted by Gasteiger charge is 2.08. The first-order valence-corrected chi connectivity index (χ1v) is 7.63.